The molecule has 0 radical (unpaired) electrons. The topological polar surface area (TPSA) is 47.0 Å². The van der Waals surface area contributed by atoms with Gasteiger partial charge in [-0.05, 0) is 41.2 Å². The minimum Gasteiger partial charge on any atom is -0.378 e. The summed E-state index contributed by atoms with van der Waals surface area (Å²) in [6.07, 6.45) is 2.06. The molecule has 2 rings (SSSR count). The minimum absolute atomic E-state index is 0.442. The largest absolute Gasteiger partial charge is 0.378 e. The molecule has 0 aliphatic rings. The Bertz CT molecular complexity index is 577. The number of halogens is 1. The molecule has 0 saturated carbocycles. The zero-order chi connectivity index (χ0) is 15.2. The van der Waals surface area contributed by atoms with Crippen molar-refractivity contribution in [2.75, 3.05) is 25.2 Å². The van der Waals surface area contributed by atoms with E-state index in [4.69, 9.17) is 4.74 Å². The molecule has 0 aliphatic carbocycles. The second-order valence-corrected chi connectivity index (χ2v) is 6.02. The number of anilines is 1. The molecule has 0 atom stereocenters. The van der Waals surface area contributed by atoms with Gasteiger partial charge in [0.2, 0.25) is 0 Å². The molecular weight excluding hydrogens is 350 g/mol. The summed E-state index contributed by atoms with van der Waals surface area (Å²) < 4.78 is 6.07. The summed E-state index contributed by atoms with van der Waals surface area (Å²) in [6, 6.07) is 8.24. The van der Waals surface area contributed by atoms with Crippen LogP contribution in [0.5, 0.6) is 0 Å². The number of nitrogens with one attached hydrogen (secondary N) is 1. The van der Waals surface area contributed by atoms with Gasteiger partial charge in [-0.2, -0.15) is 0 Å². The summed E-state index contributed by atoms with van der Waals surface area (Å²) in [4.78, 5) is 10.4. The molecule has 0 unspecified atom stereocenters. The van der Waals surface area contributed by atoms with Crippen molar-refractivity contribution in [3.63, 3.8) is 0 Å². The number of benzene rings is 1. The lowest BCUT2D eigenvalue weighted by atomic mass is 10.2. The van der Waals surface area contributed by atoms with E-state index in [2.05, 4.69) is 49.6 Å². The van der Waals surface area contributed by atoms with Crippen molar-refractivity contribution in [3.05, 3.63) is 34.4 Å². The second kappa shape index (κ2) is 7.77. The lowest BCUT2D eigenvalue weighted by Crippen LogP contribution is -2.06. The first-order valence-electron chi connectivity index (χ1n) is 6.63. The van der Waals surface area contributed by atoms with Crippen LogP contribution in [0.1, 0.15) is 12.6 Å². The Morgan fingerprint density at radius 1 is 1.24 bits per heavy atom. The molecule has 1 heterocycles. The van der Waals surface area contributed by atoms with Gasteiger partial charge in [0, 0.05) is 24.1 Å². The van der Waals surface area contributed by atoms with E-state index in [0.717, 1.165) is 28.1 Å². The van der Waals surface area contributed by atoms with Gasteiger partial charge in [0.15, 0.2) is 5.82 Å². The Morgan fingerprint density at radius 2 is 1.95 bits per heavy atom. The van der Waals surface area contributed by atoms with Gasteiger partial charge < -0.3 is 10.1 Å². The maximum Gasteiger partial charge on any atom is 0.161 e. The number of rotatable bonds is 6. The highest BCUT2D eigenvalue weighted by atomic mass is 79.9. The predicted octanol–water partition coefficient (Wildman–Crippen LogP) is 4.21. The first kappa shape index (κ1) is 16.3. The fraction of sp³-hybridized carbons (Fsp3) is 0.333. The monoisotopic (exact) mass is 367 g/mol. The zero-order valence-electron chi connectivity index (χ0n) is 12.3. The molecule has 21 heavy (non-hydrogen) atoms. The molecule has 1 aromatic carbocycles. The highest BCUT2D eigenvalue weighted by Crippen LogP contribution is 2.28. The molecule has 6 heteroatoms. The van der Waals surface area contributed by atoms with Crippen LogP contribution in [-0.4, -0.2) is 29.9 Å². The predicted molar refractivity (Wildman–Crippen MR) is 91.8 cm³/mol. The first-order valence-corrected chi connectivity index (χ1v) is 8.65. The lowest BCUT2D eigenvalue weighted by Gasteiger charge is -2.12. The van der Waals surface area contributed by atoms with Gasteiger partial charge in [0.05, 0.1) is 16.8 Å². The maximum atomic E-state index is 5.22. The van der Waals surface area contributed by atoms with Crippen LogP contribution in [-0.2, 0) is 11.3 Å². The molecule has 0 aliphatic heterocycles. The number of ether oxygens (including phenoxy) is 1. The van der Waals surface area contributed by atoms with Gasteiger partial charge in [-0.15, -0.1) is 11.8 Å². The van der Waals surface area contributed by atoms with Gasteiger partial charge in [-0.1, -0.05) is 12.1 Å². The van der Waals surface area contributed by atoms with Crippen LogP contribution in [0.2, 0.25) is 0 Å². The molecule has 0 spiro atoms. The quantitative estimate of drug-likeness (QED) is 0.774. The second-order valence-electron chi connectivity index (χ2n) is 4.35. The molecule has 0 fully saturated rings. The number of nitrogens with zero attached hydrogens (tertiary/aromatic N) is 2. The third-order valence-electron chi connectivity index (χ3n) is 2.89. The standard InChI is InChI=1S/C15H18BrN3OS/c1-4-17-15-13(16)12(9-20-2)18-14(19-15)10-5-7-11(21-3)8-6-10/h5-8H,4,9H2,1-3H3,(H,17,18,19). The Kier molecular flexibility index (Phi) is 6.02. The van der Waals surface area contributed by atoms with Crippen LogP contribution in [0, 0.1) is 0 Å². The third-order valence-corrected chi connectivity index (χ3v) is 4.47. The van der Waals surface area contributed by atoms with Crippen molar-refractivity contribution in [2.45, 2.75) is 18.4 Å². The summed E-state index contributed by atoms with van der Waals surface area (Å²) >= 11 is 5.26. The molecule has 0 amide bonds. The Labute approximate surface area is 137 Å². The van der Waals surface area contributed by atoms with Crippen molar-refractivity contribution in [1.82, 2.24) is 9.97 Å². The highest BCUT2D eigenvalue weighted by Gasteiger charge is 2.13. The van der Waals surface area contributed by atoms with E-state index in [1.807, 2.05) is 19.1 Å². The van der Waals surface area contributed by atoms with E-state index in [1.165, 1.54) is 4.90 Å². The summed E-state index contributed by atoms with van der Waals surface area (Å²) in [5.41, 5.74) is 1.84. The Balaban J connectivity index is 2.45. The molecule has 0 saturated heterocycles. The van der Waals surface area contributed by atoms with Gasteiger partial charge in [-0.3, -0.25) is 0 Å². The average Bonchev–Trinajstić information content (AvgIpc) is 2.51. The molecule has 0 bridgehead atoms. The summed E-state index contributed by atoms with van der Waals surface area (Å²) in [7, 11) is 1.66. The van der Waals surface area contributed by atoms with E-state index in [0.29, 0.717) is 12.4 Å². The summed E-state index contributed by atoms with van der Waals surface area (Å²) in [5, 5.41) is 3.25. The van der Waals surface area contributed by atoms with Crippen molar-refractivity contribution in [1.29, 1.82) is 0 Å². The Hall–Kier alpha value is -1.11. The lowest BCUT2D eigenvalue weighted by molar-refractivity contribution is 0.181. The fourth-order valence-electron chi connectivity index (χ4n) is 1.88. The molecule has 1 aromatic heterocycles. The van der Waals surface area contributed by atoms with Gasteiger partial charge >= 0.3 is 0 Å². The van der Waals surface area contributed by atoms with Crippen molar-refractivity contribution < 1.29 is 4.74 Å². The number of aromatic nitrogens is 2. The van der Waals surface area contributed by atoms with E-state index < -0.39 is 0 Å². The van der Waals surface area contributed by atoms with Crippen molar-refractivity contribution >= 4 is 33.5 Å². The number of hydrogen-bond donors (Lipinski definition) is 1. The van der Waals surface area contributed by atoms with Crippen LogP contribution in [0.25, 0.3) is 11.4 Å². The zero-order valence-corrected chi connectivity index (χ0v) is 14.7. The normalized spacial score (nSPS) is 10.7. The molecule has 2 aromatic rings. The van der Waals surface area contributed by atoms with Crippen molar-refractivity contribution in [3.8, 4) is 11.4 Å². The fourth-order valence-corrected chi connectivity index (χ4v) is 2.72. The molecular formula is C15H18BrN3OS. The number of hydrogen-bond acceptors (Lipinski definition) is 5. The van der Waals surface area contributed by atoms with E-state index in [1.54, 1.807) is 18.9 Å². The van der Waals surface area contributed by atoms with Crippen LogP contribution < -0.4 is 5.32 Å². The first-order chi connectivity index (χ1) is 10.2. The highest BCUT2D eigenvalue weighted by molar-refractivity contribution is 9.10. The van der Waals surface area contributed by atoms with E-state index >= 15 is 0 Å². The van der Waals surface area contributed by atoms with Crippen LogP contribution in [0.3, 0.4) is 0 Å². The smallest absolute Gasteiger partial charge is 0.161 e. The molecule has 4 nitrogen and oxygen atoms in total. The Morgan fingerprint density at radius 3 is 2.52 bits per heavy atom. The minimum atomic E-state index is 0.442. The van der Waals surface area contributed by atoms with Crippen LogP contribution in [0.15, 0.2) is 33.6 Å². The third kappa shape index (κ3) is 3.96. The van der Waals surface area contributed by atoms with Gasteiger partial charge in [0.25, 0.3) is 0 Å². The summed E-state index contributed by atoms with van der Waals surface area (Å²) in [5.74, 6) is 1.50. The van der Waals surface area contributed by atoms with Gasteiger partial charge in [0.1, 0.15) is 5.82 Å². The number of thioether (sulfide) groups is 1. The van der Waals surface area contributed by atoms with Crippen molar-refractivity contribution in [2.24, 2.45) is 0 Å². The summed E-state index contributed by atoms with van der Waals surface area (Å²) in [6.45, 7) is 3.28. The average molecular weight is 368 g/mol. The number of methoxy groups -OCH3 is 1. The van der Waals surface area contributed by atoms with Gasteiger partial charge in [-0.25, -0.2) is 9.97 Å². The maximum absolute atomic E-state index is 5.22. The molecule has 1 N–H and O–H groups in total. The molecule has 112 valence electrons. The van der Waals surface area contributed by atoms with Crippen LogP contribution in [0.4, 0.5) is 5.82 Å². The SMILES string of the molecule is CCNc1nc(-c2ccc(SC)cc2)nc(COC)c1Br. The van der Waals surface area contributed by atoms with Crippen LogP contribution >= 0.6 is 27.7 Å². The van der Waals surface area contributed by atoms with E-state index in [-0.39, 0.29) is 0 Å². The van der Waals surface area contributed by atoms with E-state index in [9.17, 15) is 0 Å².